The number of halogens is 3. The average molecular weight is 391 g/mol. The van der Waals surface area contributed by atoms with Gasteiger partial charge in [0.1, 0.15) is 0 Å². The molecule has 0 aliphatic carbocycles. The molecule has 0 radical (unpaired) electrons. The van der Waals surface area contributed by atoms with Gasteiger partial charge in [0.2, 0.25) is 0 Å². The van der Waals surface area contributed by atoms with Gasteiger partial charge in [0.15, 0.2) is 0 Å². The van der Waals surface area contributed by atoms with Gasteiger partial charge < -0.3 is 15.5 Å². The number of hydrogen-bond donors (Lipinski definition) is 1. The maximum atomic E-state index is 12.6. The number of carbonyl (C=O) groups is 2. The third-order valence-corrected chi connectivity index (χ3v) is 4.75. The summed E-state index contributed by atoms with van der Waals surface area (Å²) < 4.78 is 37.9. The van der Waals surface area contributed by atoms with E-state index in [9.17, 15) is 22.8 Å². The number of rotatable bonds is 3. The lowest BCUT2D eigenvalue weighted by Gasteiger charge is -2.35. The molecular weight excluding hydrogens is 371 g/mol. The quantitative estimate of drug-likeness (QED) is 0.875. The highest BCUT2D eigenvalue weighted by Crippen LogP contribution is 2.29. The van der Waals surface area contributed by atoms with Crippen LogP contribution in [0.15, 0.2) is 48.5 Å². The van der Waals surface area contributed by atoms with E-state index in [-0.39, 0.29) is 17.4 Å². The number of hydrogen-bond acceptors (Lipinski definition) is 3. The highest BCUT2D eigenvalue weighted by molar-refractivity contribution is 5.96. The Labute approximate surface area is 160 Å². The molecule has 28 heavy (non-hydrogen) atoms. The van der Waals surface area contributed by atoms with Crippen molar-refractivity contribution in [3.05, 3.63) is 70.8 Å². The zero-order valence-electron chi connectivity index (χ0n) is 15.1. The molecule has 5 nitrogen and oxygen atoms in total. The van der Waals surface area contributed by atoms with Gasteiger partial charge in [-0.05, 0) is 42.0 Å². The van der Waals surface area contributed by atoms with Crippen molar-refractivity contribution in [1.29, 1.82) is 0 Å². The molecule has 2 aromatic carbocycles. The van der Waals surface area contributed by atoms with Crippen LogP contribution < -0.4 is 5.73 Å². The van der Waals surface area contributed by atoms with Crippen molar-refractivity contribution >= 4 is 11.8 Å². The minimum atomic E-state index is -4.43. The van der Waals surface area contributed by atoms with Crippen LogP contribution >= 0.6 is 0 Å². The summed E-state index contributed by atoms with van der Waals surface area (Å²) in [5.41, 5.74) is 6.45. The Balaban J connectivity index is 1.59. The first-order valence-electron chi connectivity index (χ1n) is 8.84. The Morgan fingerprint density at radius 1 is 0.786 bits per heavy atom. The van der Waals surface area contributed by atoms with Gasteiger partial charge in [-0.2, -0.15) is 13.2 Å². The van der Waals surface area contributed by atoms with E-state index in [1.807, 2.05) is 0 Å². The van der Waals surface area contributed by atoms with Crippen molar-refractivity contribution in [2.75, 3.05) is 26.2 Å². The molecule has 0 bridgehead atoms. The topological polar surface area (TPSA) is 66.6 Å². The Bertz CT molecular complexity index is 840. The standard InChI is InChI=1S/C20H20F3N3O2/c21-20(22,23)17-7-5-16(6-8-17)19(28)26-11-9-25(10-12-26)18(27)15-3-1-14(13-24)2-4-15/h1-8H,9-13,24H2. The van der Waals surface area contributed by atoms with Crippen molar-refractivity contribution in [1.82, 2.24) is 9.80 Å². The van der Waals surface area contributed by atoms with E-state index < -0.39 is 11.7 Å². The van der Waals surface area contributed by atoms with Gasteiger partial charge in [-0.25, -0.2) is 0 Å². The lowest BCUT2D eigenvalue weighted by Crippen LogP contribution is -2.50. The van der Waals surface area contributed by atoms with Crippen molar-refractivity contribution in [3.63, 3.8) is 0 Å². The molecule has 1 aliphatic heterocycles. The van der Waals surface area contributed by atoms with E-state index in [4.69, 9.17) is 5.73 Å². The first kappa shape index (κ1) is 19.9. The fourth-order valence-corrected chi connectivity index (χ4v) is 3.06. The summed E-state index contributed by atoms with van der Waals surface area (Å²) in [6, 6.07) is 11.2. The molecule has 2 amide bonds. The maximum absolute atomic E-state index is 12.6. The Kier molecular flexibility index (Phi) is 5.69. The van der Waals surface area contributed by atoms with Crippen LogP contribution in [0.1, 0.15) is 31.8 Å². The molecule has 0 unspecified atom stereocenters. The van der Waals surface area contributed by atoms with Crippen molar-refractivity contribution < 1.29 is 22.8 Å². The largest absolute Gasteiger partial charge is 0.416 e. The van der Waals surface area contributed by atoms with Gasteiger partial charge in [-0.15, -0.1) is 0 Å². The predicted molar refractivity (Wildman–Crippen MR) is 97.6 cm³/mol. The molecule has 2 aromatic rings. The van der Waals surface area contributed by atoms with Gasteiger partial charge in [0, 0.05) is 43.9 Å². The number of amides is 2. The summed E-state index contributed by atoms with van der Waals surface area (Å²) >= 11 is 0. The minimum Gasteiger partial charge on any atom is -0.335 e. The summed E-state index contributed by atoms with van der Waals surface area (Å²) in [5.74, 6) is -0.460. The van der Waals surface area contributed by atoms with E-state index in [1.54, 1.807) is 34.1 Å². The first-order valence-corrected chi connectivity index (χ1v) is 8.84. The van der Waals surface area contributed by atoms with E-state index in [0.29, 0.717) is 38.3 Å². The molecule has 2 N–H and O–H groups in total. The van der Waals surface area contributed by atoms with Gasteiger partial charge >= 0.3 is 6.18 Å². The maximum Gasteiger partial charge on any atom is 0.416 e. The summed E-state index contributed by atoms with van der Waals surface area (Å²) in [5, 5.41) is 0. The molecule has 1 saturated heterocycles. The normalized spacial score (nSPS) is 14.9. The van der Waals surface area contributed by atoms with E-state index in [2.05, 4.69) is 0 Å². The zero-order chi connectivity index (χ0) is 20.3. The second-order valence-corrected chi connectivity index (χ2v) is 6.56. The fraction of sp³-hybridized carbons (Fsp3) is 0.300. The van der Waals surface area contributed by atoms with Crippen LogP contribution in [0.3, 0.4) is 0 Å². The fourth-order valence-electron chi connectivity index (χ4n) is 3.06. The van der Waals surface area contributed by atoms with Crippen LogP contribution in [0.2, 0.25) is 0 Å². The van der Waals surface area contributed by atoms with Gasteiger partial charge in [0.25, 0.3) is 11.8 Å². The smallest absolute Gasteiger partial charge is 0.335 e. The molecule has 8 heteroatoms. The molecule has 0 saturated carbocycles. The SMILES string of the molecule is NCc1ccc(C(=O)N2CCN(C(=O)c3ccc(C(F)(F)F)cc3)CC2)cc1. The summed E-state index contributed by atoms with van der Waals surface area (Å²) in [6.45, 7) is 1.78. The number of carbonyl (C=O) groups excluding carboxylic acids is 2. The van der Waals surface area contributed by atoms with Crippen LogP contribution in [-0.2, 0) is 12.7 Å². The van der Waals surface area contributed by atoms with Gasteiger partial charge in [-0.1, -0.05) is 12.1 Å². The molecular formula is C20H20F3N3O2. The number of nitrogens with two attached hydrogens (primary N) is 1. The predicted octanol–water partition coefficient (Wildman–Crippen LogP) is 2.76. The highest BCUT2D eigenvalue weighted by atomic mass is 19.4. The number of alkyl halides is 3. The zero-order valence-corrected chi connectivity index (χ0v) is 15.1. The minimum absolute atomic E-state index is 0.120. The van der Waals surface area contributed by atoms with Crippen molar-refractivity contribution in [2.24, 2.45) is 5.73 Å². The van der Waals surface area contributed by atoms with Crippen LogP contribution in [0, 0.1) is 0 Å². The molecule has 148 valence electrons. The molecule has 1 fully saturated rings. The monoisotopic (exact) mass is 391 g/mol. The highest BCUT2D eigenvalue weighted by Gasteiger charge is 2.31. The summed E-state index contributed by atoms with van der Waals surface area (Å²) in [6.07, 6.45) is -4.43. The van der Waals surface area contributed by atoms with Crippen LogP contribution in [0.25, 0.3) is 0 Å². The second kappa shape index (κ2) is 8.02. The second-order valence-electron chi connectivity index (χ2n) is 6.56. The molecule has 0 atom stereocenters. The Morgan fingerprint density at radius 3 is 1.54 bits per heavy atom. The third kappa shape index (κ3) is 4.33. The van der Waals surface area contributed by atoms with Gasteiger partial charge in [0.05, 0.1) is 5.56 Å². The molecule has 0 aromatic heterocycles. The van der Waals surface area contributed by atoms with Crippen LogP contribution in [-0.4, -0.2) is 47.8 Å². The molecule has 1 heterocycles. The summed E-state index contributed by atoms with van der Waals surface area (Å²) in [4.78, 5) is 28.3. The van der Waals surface area contributed by atoms with Gasteiger partial charge in [-0.3, -0.25) is 9.59 Å². The van der Waals surface area contributed by atoms with E-state index in [1.165, 1.54) is 12.1 Å². The van der Waals surface area contributed by atoms with E-state index >= 15 is 0 Å². The summed E-state index contributed by atoms with van der Waals surface area (Å²) in [7, 11) is 0. The van der Waals surface area contributed by atoms with Crippen molar-refractivity contribution in [3.8, 4) is 0 Å². The van der Waals surface area contributed by atoms with Crippen LogP contribution in [0.4, 0.5) is 13.2 Å². The number of benzene rings is 2. The lowest BCUT2D eigenvalue weighted by atomic mass is 10.1. The Morgan fingerprint density at radius 2 is 1.18 bits per heavy atom. The first-order chi connectivity index (χ1) is 13.3. The van der Waals surface area contributed by atoms with E-state index in [0.717, 1.165) is 17.7 Å². The third-order valence-electron chi connectivity index (χ3n) is 4.75. The van der Waals surface area contributed by atoms with Crippen molar-refractivity contribution in [2.45, 2.75) is 12.7 Å². The molecule has 3 rings (SSSR count). The molecule has 1 aliphatic rings. The number of piperazine rings is 1. The Hall–Kier alpha value is -2.87. The number of nitrogens with zero attached hydrogens (tertiary/aromatic N) is 2. The van der Waals surface area contributed by atoms with Crippen LogP contribution in [0.5, 0.6) is 0 Å². The molecule has 0 spiro atoms. The lowest BCUT2D eigenvalue weighted by molar-refractivity contribution is -0.137. The average Bonchev–Trinajstić information content (AvgIpc) is 2.72.